The van der Waals surface area contributed by atoms with E-state index in [4.69, 9.17) is 28.9 Å². The highest BCUT2D eigenvalue weighted by Gasteiger charge is 2.23. The van der Waals surface area contributed by atoms with E-state index in [0.717, 1.165) is 22.5 Å². The predicted molar refractivity (Wildman–Crippen MR) is 89.8 cm³/mol. The van der Waals surface area contributed by atoms with Crippen LogP contribution >= 0.6 is 23.2 Å². The Morgan fingerprint density at radius 1 is 1.14 bits per heavy atom. The lowest BCUT2D eigenvalue weighted by molar-refractivity contribution is 0.672. The van der Waals surface area contributed by atoms with Crippen molar-refractivity contribution < 1.29 is 0 Å². The van der Waals surface area contributed by atoms with Gasteiger partial charge in [-0.15, -0.1) is 0 Å². The summed E-state index contributed by atoms with van der Waals surface area (Å²) >= 11 is 12.5. The van der Waals surface area contributed by atoms with E-state index in [0.29, 0.717) is 16.6 Å². The molecule has 1 aliphatic rings. The second kappa shape index (κ2) is 5.68. The lowest BCUT2D eigenvalue weighted by atomic mass is 10.00. The smallest absolute Gasteiger partial charge is 0.0966 e. The molecule has 0 aliphatic carbocycles. The summed E-state index contributed by atoms with van der Waals surface area (Å²) in [5.41, 5.74) is 9.84. The molecular formula is C16H15Cl2N3. The summed E-state index contributed by atoms with van der Waals surface area (Å²) in [6.07, 6.45) is -0.176. The molecule has 108 valence electrons. The first-order valence-electron chi connectivity index (χ1n) is 6.65. The zero-order valence-electron chi connectivity index (χ0n) is 11.6. The van der Waals surface area contributed by atoms with Crippen LogP contribution in [0, 0.1) is 0 Å². The summed E-state index contributed by atoms with van der Waals surface area (Å²) < 4.78 is 0. The fourth-order valence-corrected chi connectivity index (χ4v) is 2.86. The van der Waals surface area contributed by atoms with E-state index in [2.05, 4.69) is 4.99 Å². The van der Waals surface area contributed by atoms with Gasteiger partial charge in [-0.05, 0) is 24.3 Å². The molecule has 0 spiro atoms. The maximum atomic E-state index is 6.33. The van der Waals surface area contributed by atoms with Crippen molar-refractivity contribution >= 4 is 34.6 Å². The molecule has 0 radical (unpaired) electrons. The van der Waals surface area contributed by atoms with E-state index < -0.39 is 0 Å². The molecule has 2 N–H and O–H groups in total. The van der Waals surface area contributed by atoms with E-state index in [9.17, 15) is 0 Å². The van der Waals surface area contributed by atoms with Crippen LogP contribution in [0.3, 0.4) is 0 Å². The zero-order chi connectivity index (χ0) is 15.0. The number of hydrogen-bond acceptors (Lipinski definition) is 3. The standard InChI is InChI=1S/C16H15Cl2N3/c1-21-14-7-6-10(17)8-12(14)16(20-9-15(21)19)11-4-2-3-5-13(11)18/h2-8,15H,9,19H2,1H3. The third-order valence-electron chi connectivity index (χ3n) is 3.66. The summed E-state index contributed by atoms with van der Waals surface area (Å²) in [4.78, 5) is 6.69. The second-order valence-corrected chi connectivity index (χ2v) is 5.85. The number of aliphatic imine (C=N–C) groups is 1. The molecule has 3 rings (SSSR count). The number of fused-ring (bicyclic) bond motifs is 1. The second-order valence-electron chi connectivity index (χ2n) is 5.01. The van der Waals surface area contributed by atoms with Gasteiger partial charge in [-0.3, -0.25) is 4.99 Å². The molecule has 1 aliphatic heterocycles. The van der Waals surface area contributed by atoms with Crippen molar-refractivity contribution in [2.45, 2.75) is 6.17 Å². The topological polar surface area (TPSA) is 41.6 Å². The molecule has 1 heterocycles. The number of anilines is 1. The number of halogens is 2. The van der Waals surface area contributed by atoms with Gasteiger partial charge < -0.3 is 10.6 Å². The van der Waals surface area contributed by atoms with Gasteiger partial charge in [0.25, 0.3) is 0 Å². The van der Waals surface area contributed by atoms with Crippen molar-refractivity contribution in [3.8, 4) is 0 Å². The Hall–Kier alpha value is -1.55. The Kier molecular flexibility index (Phi) is 3.89. The summed E-state index contributed by atoms with van der Waals surface area (Å²) in [6.45, 7) is 0.503. The van der Waals surface area contributed by atoms with Gasteiger partial charge in [0, 0.05) is 33.9 Å². The van der Waals surface area contributed by atoms with Crippen molar-refractivity contribution in [1.29, 1.82) is 0 Å². The lowest BCUT2D eigenvalue weighted by Crippen LogP contribution is -2.41. The molecular weight excluding hydrogens is 305 g/mol. The molecule has 0 amide bonds. The highest BCUT2D eigenvalue weighted by molar-refractivity contribution is 6.36. The summed E-state index contributed by atoms with van der Waals surface area (Å²) in [5, 5.41) is 1.33. The molecule has 2 aromatic carbocycles. The molecule has 0 saturated heterocycles. The molecule has 21 heavy (non-hydrogen) atoms. The van der Waals surface area contributed by atoms with Crippen molar-refractivity contribution in [3.63, 3.8) is 0 Å². The average molecular weight is 320 g/mol. The summed E-state index contributed by atoms with van der Waals surface area (Å²) in [7, 11) is 1.96. The maximum Gasteiger partial charge on any atom is 0.0966 e. The zero-order valence-corrected chi connectivity index (χ0v) is 13.1. The number of nitrogens with two attached hydrogens (primary N) is 1. The molecule has 0 bridgehead atoms. The van der Waals surface area contributed by atoms with Crippen LogP contribution in [0.2, 0.25) is 10.0 Å². The molecule has 0 aromatic heterocycles. The summed E-state index contributed by atoms with van der Waals surface area (Å²) in [5.74, 6) is 0. The van der Waals surface area contributed by atoms with Crippen molar-refractivity contribution in [1.82, 2.24) is 0 Å². The van der Waals surface area contributed by atoms with Crippen molar-refractivity contribution in [3.05, 3.63) is 63.6 Å². The quantitative estimate of drug-likeness (QED) is 0.873. The number of likely N-dealkylation sites (N-methyl/N-ethyl adjacent to an activating group) is 1. The van der Waals surface area contributed by atoms with Crippen molar-refractivity contribution in [2.75, 3.05) is 18.5 Å². The van der Waals surface area contributed by atoms with Crippen LogP contribution < -0.4 is 10.6 Å². The third-order valence-corrected chi connectivity index (χ3v) is 4.22. The van der Waals surface area contributed by atoms with Crippen LogP contribution in [0.5, 0.6) is 0 Å². The number of benzene rings is 2. The van der Waals surface area contributed by atoms with Gasteiger partial charge in [0.1, 0.15) is 0 Å². The number of rotatable bonds is 1. The van der Waals surface area contributed by atoms with Gasteiger partial charge in [0.2, 0.25) is 0 Å². The number of hydrogen-bond donors (Lipinski definition) is 1. The Morgan fingerprint density at radius 2 is 1.90 bits per heavy atom. The fourth-order valence-electron chi connectivity index (χ4n) is 2.46. The van der Waals surface area contributed by atoms with Crippen LogP contribution in [0.1, 0.15) is 11.1 Å². The number of nitrogens with zero attached hydrogens (tertiary/aromatic N) is 2. The normalized spacial score (nSPS) is 18.0. The number of benzodiazepines with no additional fused rings is 1. The monoisotopic (exact) mass is 319 g/mol. The Balaban J connectivity index is 2.24. The molecule has 3 nitrogen and oxygen atoms in total. The minimum atomic E-state index is -0.176. The largest absolute Gasteiger partial charge is 0.357 e. The molecule has 2 aromatic rings. The van der Waals surface area contributed by atoms with Gasteiger partial charge in [0.05, 0.1) is 18.4 Å². The fraction of sp³-hybridized carbons (Fsp3) is 0.188. The van der Waals surface area contributed by atoms with Crippen LogP contribution in [0.4, 0.5) is 5.69 Å². The van der Waals surface area contributed by atoms with Crippen LogP contribution in [0.15, 0.2) is 47.5 Å². The van der Waals surface area contributed by atoms with Crippen molar-refractivity contribution in [2.24, 2.45) is 10.7 Å². The van der Waals surface area contributed by atoms with E-state index in [1.54, 1.807) is 0 Å². The first kappa shape index (κ1) is 14.4. The van der Waals surface area contributed by atoms with Gasteiger partial charge in [-0.2, -0.15) is 0 Å². The highest BCUT2D eigenvalue weighted by Crippen LogP contribution is 2.31. The van der Waals surface area contributed by atoms with Crippen LogP contribution in [-0.2, 0) is 0 Å². The maximum absolute atomic E-state index is 6.33. The first-order chi connectivity index (χ1) is 10.1. The van der Waals surface area contributed by atoms with Gasteiger partial charge in [-0.1, -0.05) is 41.4 Å². The highest BCUT2D eigenvalue weighted by atomic mass is 35.5. The predicted octanol–water partition coefficient (Wildman–Crippen LogP) is 3.57. The van der Waals surface area contributed by atoms with E-state index in [-0.39, 0.29) is 6.17 Å². The van der Waals surface area contributed by atoms with E-state index in [1.165, 1.54) is 0 Å². The Labute approximate surface area is 134 Å². The molecule has 1 unspecified atom stereocenters. The van der Waals surface area contributed by atoms with E-state index in [1.807, 2.05) is 54.4 Å². The Morgan fingerprint density at radius 3 is 2.67 bits per heavy atom. The van der Waals surface area contributed by atoms with Crippen LogP contribution in [-0.4, -0.2) is 25.5 Å². The van der Waals surface area contributed by atoms with Gasteiger partial charge in [-0.25, -0.2) is 0 Å². The molecule has 0 fully saturated rings. The summed E-state index contributed by atoms with van der Waals surface area (Å²) in [6, 6.07) is 13.4. The van der Waals surface area contributed by atoms with E-state index >= 15 is 0 Å². The molecule has 5 heteroatoms. The minimum absolute atomic E-state index is 0.176. The molecule has 1 atom stereocenters. The average Bonchev–Trinajstić information content (AvgIpc) is 2.59. The molecule has 0 saturated carbocycles. The SMILES string of the molecule is CN1c2ccc(Cl)cc2C(c2ccccc2Cl)=NCC1N. The minimum Gasteiger partial charge on any atom is -0.357 e. The van der Waals surface area contributed by atoms with Gasteiger partial charge >= 0.3 is 0 Å². The lowest BCUT2D eigenvalue weighted by Gasteiger charge is -2.25. The third kappa shape index (κ3) is 2.64. The first-order valence-corrected chi connectivity index (χ1v) is 7.41. The Bertz CT molecular complexity index is 712. The van der Waals surface area contributed by atoms with Gasteiger partial charge in [0.15, 0.2) is 0 Å². The van der Waals surface area contributed by atoms with Crippen LogP contribution in [0.25, 0.3) is 0 Å².